The second kappa shape index (κ2) is 5.46. The summed E-state index contributed by atoms with van der Waals surface area (Å²) in [6, 6.07) is 3.65. The Bertz CT molecular complexity index is 325. The highest BCUT2D eigenvalue weighted by Gasteiger charge is 2.16. The first-order valence-corrected chi connectivity index (χ1v) is 5.91. The molecule has 2 heterocycles. The third kappa shape index (κ3) is 3.06. The van der Waals surface area contributed by atoms with Crippen molar-refractivity contribution in [3.8, 4) is 0 Å². The lowest BCUT2D eigenvalue weighted by Gasteiger charge is -2.27. The van der Waals surface area contributed by atoms with Crippen LogP contribution in [0.15, 0.2) is 12.1 Å². The molecule has 16 heavy (non-hydrogen) atoms. The van der Waals surface area contributed by atoms with Crippen LogP contribution in [0.5, 0.6) is 0 Å². The summed E-state index contributed by atoms with van der Waals surface area (Å²) in [7, 11) is 2.02. The molecule has 1 aromatic heterocycles. The summed E-state index contributed by atoms with van der Waals surface area (Å²) in [5.41, 5.74) is 0. The Morgan fingerprint density at radius 3 is 3.00 bits per heavy atom. The molecule has 4 nitrogen and oxygen atoms in total. The number of rotatable bonds is 3. The molecule has 1 unspecified atom stereocenters. The van der Waals surface area contributed by atoms with Gasteiger partial charge in [-0.25, -0.2) is 0 Å². The minimum absolute atomic E-state index is 0.429. The van der Waals surface area contributed by atoms with Crippen molar-refractivity contribution in [1.29, 1.82) is 0 Å². The normalized spacial score (nSPS) is 20.8. The van der Waals surface area contributed by atoms with Gasteiger partial charge in [-0.15, -0.1) is 10.2 Å². The molecule has 1 fully saturated rings. The Balaban J connectivity index is 1.91. The number of aromatic nitrogens is 2. The van der Waals surface area contributed by atoms with E-state index in [1.54, 1.807) is 6.07 Å². The zero-order chi connectivity index (χ0) is 11.4. The van der Waals surface area contributed by atoms with Crippen LogP contribution in [0.2, 0.25) is 5.15 Å². The van der Waals surface area contributed by atoms with Crippen LogP contribution in [0, 0.1) is 5.92 Å². The molecule has 0 N–H and O–H groups in total. The second-order valence-corrected chi connectivity index (χ2v) is 4.57. The van der Waals surface area contributed by atoms with Crippen molar-refractivity contribution in [2.75, 3.05) is 31.7 Å². The van der Waals surface area contributed by atoms with Gasteiger partial charge < -0.3 is 9.64 Å². The maximum atomic E-state index is 5.70. The maximum absolute atomic E-state index is 5.70. The fourth-order valence-corrected chi connectivity index (χ4v) is 2.05. The van der Waals surface area contributed by atoms with Crippen LogP contribution in [0.3, 0.4) is 0 Å². The van der Waals surface area contributed by atoms with Gasteiger partial charge >= 0.3 is 0 Å². The topological polar surface area (TPSA) is 38.2 Å². The molecule has 1 aliphatic heterocycles. The average Bonchev–Trinajstić information content (AvgIpc) is 2.31. The van der Waals surface area contributed by atoms with Crippen LogP contribution in [-0.2, 0) is 4.74 Å². The highest BCUT2D eigenvalue weighted by atomic mass is 35.5. The number of hydrogen-bond donors (Lipinski definition) is 0. The van der Waals surface area contributed by atoms with E-state index in [2.05, 4.69) is 15.1 Å². The molecule has 0 spiro atoms. The lowest BCUT2D eigenvalue weighted by molar-refractivity contribution is 0.0576. The van der Waals surface area contributed by atoms with Gasteiger partial charge in [-0.05, 0) is 30.9 Å². The molecule has 1 atom stereocenters. The lowest BCUT2D eigenvalue weighted by Crippen LogP contribution is -2.31. The van der Waals surface area contributed by atoms with Crippen LogP contribution in [0.25, 0.3) is 0 Å². The van der Waals surface area contributed by atoms with E-state index in [0.29, 0.717) is 11.1 Å². The first kappa shape index (κ1) is 11.6. The van der Waals surface area contributed by atoms with Gasteiger partial charge in [-0.3, -0.25) is 0 Å². The van der Waals surface area contributed by atoms with Crippen molar-refractivity contribution in [3.63, 3.8) is 0 Å². The summed E-state index contributed by atoms with van der Waals surface area (Å²) in [5.74, 6) is 1.45. The average molecular weight is 242 g/mol. The van der Waals surface area contributed by atoms with Gasteiger partial charge in [0.2, 0.25) is 0 Å². The Labute approximate surface area is 101 Å². The van der Waals surface area contributed by atoms with Crippen molar-refractivity contribution in [2.24, 2.45) is 5.92 Å². The van der Waals surface area contributed by atoms with Gasteiger partial charge in [0.15, 0.2) is 11.0 Å². The maximum Gasteiger partial charge on any atom is 0.151 e. The minimum Gasteiger partial charge on any atom is -0.381 e. The molecule has 0 saturated carbocycles. The molecule has 0 radical (unpaired) electrons. The van der Waals surface area contributed by atoms with Gasteiger partial charge in [0.05, 0.1) is 6.61 Å². The van der Waals surface area contributed by atoms with E-state index in [-0.39, 0.29) is 0 Å². The van der Waals surface area contributed by atoms with E-state index in [1.165, 1.54) is 6.42 Å². The van der Waals surface area contributed by atoms with Crippen LogP contribution in [0.4, 0.5) is 5.82 Å². The number of anilines is 1. The highest BCUT2D eigenvalue weighted by molar-refractivity contribution is 6.29. The fraction of sp³-hybridized carbons (Fsp3) is 0.636. The summed E-state index contributed by atoms with van der Waals surface area (Å²) in [6.07, 6.45) is 2.39. The number of nitrogens with zero attached hydrogens (tertiary/aromatic N) is 3. The van der Waals surface area contributed by atoms with E-state index in [4.69, 9.17) is 16.3 Å². The number of ether oxygens (including phenoxy) is 1. The Kier molecular flexibility index (Phi) is 3.96. The van der Waals surface area contributed by atoms with Crippen LogP contribution >= 0.6 is 11.6 Å². The monoisotopic (exact) mass is 241 g/mol. The molecular formula is C11H16ClN3O. The summed E-state index contributed by atoms with van der Waals surface area (Å²) >= 11 is 5.70. The standard InChI is InChI=1S/C11H16ClN3O/c1-15(7-9-3-2-6-16-8-9)11-5-4-10(12)13-14-11/h4-5,9H,2-3,6-8H2,1H3. The van der Waals surface area contributed by atoms with Gasteiger partial charge in [0.1, 0.15) is 0 Å². The smallest absolute Gasteiger partial charge is 0.151 e. The Hall–Kier alpha value is -0.870. The number of hydrogen-bond acceptors (Lipinski definition) is 4. The van der Waals surface area contributed by atoms with Crippen molar-refractivity contribution in [2.45, 2.75) is 12.8 Å². The Morgan fingerprint density at radius 1 is 1.50 bits per heavy atom. The van der Waals surface area contributed by atoms with Gasteiger partial charge in [0.25, 0.3) is 0 Å². The Morgan fingerprint density at radius 2 is 2.38 bits per heavy atom. The van der Waals surface area contributed by atoms with E-state index < -0.39 is 0 Å². The quantitative estimate of drug-likeness (QED) is 0.811. The summed E-state index contributed by atoms with van der Waals surface area (Å²) < 4.78 is 5.45. The third-order valence-electron chi connectivity index (χ3n) is 2.80. The molecule has 1 aliphatic rings. The van der Waals surface area contributed by atoms with E-state index in [9.17, 15) is 0 Å². The van der Waals surface area contributed by atoms with Crippen molar-refractivity contribution in [1.82, 2.24) is 10.2 Å². The number of halogens is 1. The van der Waals surface area contributed by atoms with Crippen molar-refractivity contribution in [3.05, 3.63) is 17.3 Å². The van der Waals surface area contributed by atoms with Crippen LogP contribution in [-0.4, -0.2) is 37.0 Å². The van der Waals surface area contributed by atoms with Crippen LogP contribution < -0.4 is 4.90 Å². The SMILES string of the molecule is CN(CC1CCCOC1)c1ccc(Cl)nn1. The van der Waals surface area contributed by atoms with Gasteiger partial charge in [-0.2, -0.15) is 0 Å². The molecule has 0 aromatic carbocycles. The van der Waals surface area contributed by atoms with Crippen molar-refractivity contribution < 1.29 is 4.74 Å². The zero-order valence-corrected chi connectivity index (χ0v) is 10.2. The highest BCUT2D eigenvalue weighted by Crippen LogP contribution is 2.17. The second-order valence-electron chi connectivity index (χ2n) is 4.18. The van der Waals surface area contributed by atoms with E-state index in [0.717, 1.165) is 32.0 Å². The van der Waals surface area contributed by atoms with Crippen LogP contribution in [0.1, 0.15) is 12.8 Å². The third-order valence-corrected chi connectivity index (χ3v) is 3.00. The summed E-state index contributed by atoms with van der Waals surface area (Å²) in [6.45, 7) is 2.71. The molecule has 2 rings (SSSR count). The predicted molar refractivity (Wildman–Crippen MR) is 63.9 cm³/mol. The largest absolute Gasteiger partial charge is 0.381 e. The van der Waals surface area contributed by atoms with Crippen molar-refractivity contribution >= 4 is 17.4 Å². The van der Waals surface area contributed by atoms with Gasteiger partial charge in [0, 0.05) is 20.2 Å². The molecule has 88 valence electrons. The molecule has 5 heteroatoms. The fourth-order valence-electron chi connectivity index (χ4n) is 1.94. The minimum atomic E-state index is 0.429. The molecule has 0 aliphatic carbocycles. The van der Waals surface area contributed by atoms with Gasteiger partial charge in [-0.1, -0.05) is 11.6 Å². The molecular weight excluding hydrogens is 226 g/mol. The first-order valence-electron chi connectivity index (χ1n) is 5.54. The molecule has 0 bridgehead atoms. The van der Waals surface area contributed by atoms with E-state index >= 15 is 0 Å². The molecule has 1 saturated heterocycles. The summed E-state index contributed by atoms with van der Waals surface area (Å²) in [5, 5.41) is 8.31. The predicted octanol–water partition coefficient (Wildman–Crippen LogP) is 1.99. The molecule has 1 aromatic rings. The summed E-state index contributed by atoms with van der Waals surface area (Å²) in [4.78, 5) is 2.10. The zero-order valence-electron chi connectivity index (χ0n) is 9.40. The first-order chi connectivity index (χ1) is 7.75. The molecule has 0 amide bonds. The van der Waals surface area contributed by atoms with E-state index in [1.807, 2.05) is 13.1 Å². The lowest BCUT2D eigenvalue weighted by atomic mass is 10.0.